The van der Waals surface area contributed by atoms with Gasteiger partial charge in [-0.1, -0.05) is 12.1 Å². The van der Waals surface area contributed by atoms with E-state index >= 15 is 0 Å². The lowest BCUT2D eigenvalue weighted by molar-refractivity contribution is -0.114. The third-order valence-corrected chi connectivity index (χ3v) is 4.76. The van der Waals surface area contributed by atoms with Gasteiger partial charge in [-0.05, 0) is 36.8 Å². The molecule has 0 saturated carbocycles. The predicted octanol–water partition coefficient (Wildman–Crippen LogP) is 2.18. The molecule has 0 spiro atoms. The third-order valence-electron chi connectivity index (χ3n) is 3.83. The molecule has 1 unspecified atom stereocenters. The minimum Gasteiger partial charge on any atom is -0.494 e. The molecule has 0 bridgehead atoms. The highest BCUT2D eigenvalue weighted by molar-refractivity contribution is 7.89. The number of amides is 3. The Kier molecular flexibility index (Phi) is 6.60. The zero-order valence-electron chi connectivity index (χ0n) is 15.6. The molecular weight excluding hydrogens is 384 g/mol. The van der Waals surface area contributed by atoms with Crippen LogP contribution in [-0.4, -0.2) is 27.5 Å². The van der Waals surface area contributed by atoms with Gasteiger partial charge in [-0.25, -0.2) is 18.4 Å². The van der Waals surface area contributed by atoms with Crippen molar-refractivity contribution in [3.63, 3.8) is 0 Å². The fraction of sp³-hybridized carbons (Fsp3) is 0.222. The summed E-state index contributed by atoms with van der Waals surface area (Å²) in [5.41, 5.74) is 1.67. The molecule has 1 atom stereocenters. The SMILES string of the molecule is COc1cc(NC(=O)NC(C)c2ccc(S(N)(=O)=O)cc2)ccc1NC(C)=O. The Morgan fingerprint density at radius 2 is 1.71 bits per heavy atom. The van der Waals surface area contributed by atoms with Crippen LogP contribution >= 0.6 is 0 Å². The van der Waals surface area contributed by atoms with Gasteiger partial charge >= 0.3 is 6.03 Å². The molecule has 5 N–H and O–H groups in total. The van der Waals surface area contributed by atoms with Gasteiger partial charge in [0.25, 0.3) is 0 Å². The van der Waals surface area contributed by atoms with Crippen molar-refractivity contribution in [2.75, 3.05) is 17.7 Å². The lowest BCUT2D eigenvalue weighted by Gasteiger charge is -2.16. The third kappa shape index (κ3) is 5.69. The Morgan fingerprint density at radius 3 is 2.25 bits per heavy atom. The van der Waals surface area contributed by atoms with Crippen molar-refractivity contribution in [2.45, 2.75) is 24.8 Å². The predicted molar refractivity (Wildman–Crippen MR) is 106 cm³/mol. The van der Waals surface area contributed by atoms with Gasteiger partial charge in [0.1, 0.15) is 5.75 Å². The number of rotatable bonds is 6. The Labute approximate surface area is 163 Å². The Balaban J connectivity index is 2.04. The molecular formula is C18H22N4O5S. The minimum atomic E-state index is -3.76. The molecule has 28 heavy (non-hydrogen) atoms. The molecule has 0 aliphatic heterocycles. The fourth-order valence-electron chi connectivity index (χ4n) is 2.46. The number of anilines is 2. The summed E-state index contributed by atoms with van der Waals surface area (Å²) in [4.78, 5) is 23.4. The van der Waals surface area contributed by atoms with E-state index in [1.165, 1.54) is 26.2 Å². The maximum Gasteiger partial charge on any atom is 0.319 e. The molecule has 10 heteroatoms. The van der Waals surface area contributed by atoms with Crippen LogP contribution in [0.25, 0.3) is 0 Å². The van der Waals surface area contributed by atoms with Gasteiger partial charge < -0.3 is 20.7 Å². The summed E-state index contributed by atoms with van der Waals surface area (Å²) >= 11 is 0. The number of carbonyl (C=O) groups excluding carboxylic acids is 2. The summed E-state index contributed by atoms with van der Waals surface area (Å²) in [6.45, 7) is 3.14. The summed E-state index contributed by atoms with van der Waals surface area (Å²) in [6.07, 6.45) is 0. The quantitative estimate of drug-likeness (QED) is 0.582. The van der Waals surface area contributed by atoms with E-state index in [1.54, 1.807) is 37.3 Å². The molecule has 0 aliphatic carbocycles. The van der Waals surface area contributed by atoms with Crippen LogP contribution in [0.4, 0.5) is 16.2 Å². The van der Waals surface area contributed by atoms with Crippen molar-refractivity contribution in [1.29, 1.82) is 0 Å². The molecule has 0 saturated heterocycles. The molecule has 3 amide bonds. The summed E-state index contributed by atoms with van der Waals surface area (Å²) in [5.74, 6) is 0.165. The highest BCUT2D eigenvalue weighted by Gasteiger charge is 2.13. The molecule has 0 fully saturated rings. The van der Waals surface area contributed by atoms with E-state index in [0.29, 0.717) is 22.7 Å². The lowest BCUT2D eigenvalue weighted by Crippen LogP contribution is -2.31. The number of hydrogen-bond acceptors (Lipinski definition) is 5. The number of nitrogens with one attached hydrogen (secondary N) is 3. The van der Waals surface area contributed by atoms with Crippen LogP contribution in [0.2, 0.25) is 0 Å². The van der Waals surface area contributed by atoms with Crippen LogP contribution in [0.15, 0.2) is 47.4 Å². The van der Waals surface area contributed by atoms with Crippen molar-refractivity contribution in [3.8, 4) is 5.75 Å². The number of primary sulfonamides is 1. The first-order valence-electron chi connectivity index (χ1n) is 8.26. The van der Waals surface area contributed by atoms with Crippen molar-refractivity contribution in [2.24, 2.45) is 5.14 Å². The summed E-state index contributed by atoms with van der Waals surface area (Å²) in [5, 5.41) is 13.1. The number of ether oxygens (including phenoxy) is 1. The Bertz CT molecular complexity index is 974. The van der Waals surface area contributed by atoms with Crippen molar-refractivity contribution < 1.29 is 22.7 Å². The number of methoxy groups -OCH3 is 1. The molecule has 150 valence electrons. The minimum absolute atomic E-state index is 0.000688. The largest absolute Gasteiger partial charge is 0.494 e. The summed E-state index contributed by atoms with van der Waals surface area (Å²) in [7, 11) is -2.31. The standard InChI is InChI=1S/C18H22N4O5S/c1-11(13-4-7-15(8-5-13)28(19,25)26)20-18(24)22-14-6-9-16(21-12(2)23)17(10-14)27-3/h4-11H,1-3H3,(H,21,23)(H2,19,25,26)(H2,20,22,24). The second-order valence-electron chi connectivity index (χ2n) is 6.03. The number of nitrogens with two attached hydrogens (primary N) is 1. The van der Waals surface area contributed by atoms with E-state index in [0.717, 1.165) is 0 Å². The Hall–Kier alpha value is -3.11. The van der Waals surface area contributed by atoms with Crippen molar-refractivity contribution >= 4 is 33.3 Å². The van der Waals surface area contributed by atoms with Crippen LogP contribution in [-0.2, 0) is 14.8 Å². The maximum atomic E-state index is 12.2. The number of carbonyl (C=O) groups is 2. The van der Waals surface area contributed by atoms with Crippen LogP contribution in [0.1, 0.15) is 25.5 Å². The van der Waals surface area contributed by atoms with E-state index in [4.69, 9.17) is 9.88 Å². The van der Waals surface area contributed by atoms with Crippen LogP contribution < -0.4 is 25.8 Å². The fourth-order valence-corrected chi connectivity index (χ4v) is 2.97. The van der Waals surface area contributed by atoms with Crippen LogP contribution in [0, 0.1) is 0 Å². The zero-order valence-corrected chi connectivity index (χ0v) is 16.5. The van der Waals surface area contributed by atoms with E-state index in [-0.39, 0.29) is 16.8 Å². The average Bonchev–Trinajstić information content (AvgIpc) is 2.61. The van der Waals surface area contributed by atoms with Gasteiger partial charge in [0.15, 0.2) is 0 Å². The van der Waals surface area contributed by atoms with E-state index < -0.39 is 16.1 Å². The monoisotopic (exact) mass is 406 g/mol. The summed E-state index contributed by atoms with van der Waals surface area (Å²) in [6, 6.07) is 9.90. The van der Waals surface area contributed by atoms with Gasteiger partial charge in [0, 0.05) is 18.7 Å². The van der Waals surface area contributed by atoms with E-state index in [2.05, 4.69) is 16.0 Å². The normalized spacial score (nSPS) is 12.0. The number of sulfonamides is 1. The summed E-state index contributed by atoms with van der Waals surface area (Å²) < 4.78 is 27.8. The van der Waals surface area contributed by atoms with Gasteiger partial charge in [-0.15, -0.1) is 0 Å². The van der Waals surface area contributed by atoms with E-state index in [9.17, 15) is 18.0 Å². The first-order valence-corrected chi connectivity index (χ1v) is 9.80. The van der Waals surface area contributed by atoms with Gasteiger partial charge in [-0.3, -0.25) is 4.79 Å². The van der Waals surface area contributed by atoms with Crippen molar-refractivity contribution in [3.05, 3.63) is 48.0 Å². The number of benzene rings is 2. The Morgan fingerprint density at radius 1 is 1.07 bits per heavy atom. The first-order chi connectivity index (χ1) is 13.1. The smallest absolute Gasteiger partial charge is 0.319 e. The van der Waals surface area contributed by atoms with Crippen molar-refractivity contribution in [1.82, 2.24) is 5.32 Å². The molecule has 2 aromatic carbocycles. The topological polar surface area (TPSA) is 140 Å². The highest BCUT2D eigenvalue weighted by Crippen LogP contribution is 2.28. The first kappa shape index (κ1) is 21.2. The molecule has 0 aliphatic rings. The van der Waals surface area contributed by atoms with Crippen LogP contribution in [0.5, 0.6) is 5.75 Å². The average molecular weight is 406 g/mol. The van der Waals surface area contributed by atoms with Gasteiger partial charge in [0.2, 0.25) is 15.9 Å². The highest BCUT2D eigenvalue weighted by atomic mass is 32.2. The lowest BCUT2D eigenvalue weighted by atomic mass is 10.1. The molecule has 2 aromatic rings. The van der Waals surface area contributed by atoms with Crippen LogP contribution in [0.3, 0.4) is 0 Å². The number of urea groups is 1. The second-order valence-corrected chi connectivity index (χ2v) is 7.59. The molecule has 0 aromatic heterocycles. The van der Waals surface area contributed by atoms with Gasteiger partial charge in [0.05, 0.1) is 23.7 Å². The maximum absolute atomic E-state index is 12.2. The molecule has 0 heterocycles. The molecule has 2 rings (SSSR count). The molecule has 9 nitrogen and oxygen atoms in total. The zero-order chi connectivity index (χ0) is 20.9. The number of hydrogen-bond donors (Lipinski definition) is 4. The van der Waals surface area contributed by atoms with E-state index in [1.807, 2.05) is 0 Å². The van der Waals surface area contributed by atoms with Gasteiger partial charge in [-0.2, -0.15) is 0 Å². The second kappa shape index (κ2) is 8.72. The molecule has 0 radical (unpaired) electrons.